The second kappa shape index (κ2) is 6.11. The lowest BCUT2D eigenvalue weighted by molar-refractivity contribution is 0.102. The number of thiocarbonyl (C=S) groups is 1. The summed E-state index contributed by atoms with van der Waals surface area (Å²) in [5, 5.41) is 5.33. The van der Waals surface area contributed by atoms with Crippen molar-refractivity contribution in [2.24, 2.45) is 5.73 Å². The predicted molar refractivity (Wildman–Crippen MR) is 86.5 cm³/mol. The highest BCUT2D eigenvalue weighted by Gasteiger charge is 2.11. The van der Waals surface area contributed by atoms with Crippen LogP contribution < -0.4 is 11.1 Å². The first-order valence-electron chi connectivity index (χ1n) is 6.14. The second-order valence-corrected chi connectivity index (χ2v) is 5.93. The molecule has 0 aliphatic carbocycles. The van der Waals surface area contributed by atoms with Gasteiger partial charge in [-0.3, -0.25) is 10.1 Å². The van der Waals surface area contributed by atoms with Gasteiger partial charge in [-0.05, 0) is 18.1 Å². The average Bonchev–Trinajstić information content (AvgIpc) is 2.87. The lowest BCUT2D eigenvalue weighted by Gasteiger charge is -2.04. The molecule has 6 heteroatoms. The van der Waals surface area contributed by atoms with Gasteiger partial charge in [0.2, 0.25) is 0 Å². The van der Waals surface area contributed by atoms with Gasteiger partial charge in [-0.1, -0.05) is 38.2 Å². The monoisotopic (exact) mass is 305 g/mol. The van der Waals surface area contributed by atoms with E-state index in [1.807, 2.05) is 5.38 Å². The molecule has 2 aromatic rings. The van der Waals surface area contributed by atoms with E-state index in [2.05, 4.69) is 24.1 Å². The van der Waals surface area contributed by atoms with E-state index in [1.54, 1.807) is 24.3 Å². The van der Waals surface area contributed by atoms with Crippen LogP contribution in [0.15, 0.2) is 29.6 Å². The van der Waals surface area contributed by atoms with Crippen molar-refractivity contribution in [3.8, 4) is 0 Å². The van der Waals surface area contributed by atoms with E-state index in [4.69, 9.17) is 18.0 Å². The number of carbonyl (C=O) groups excluding carboxylic acids is 1. The van der Waals surface area contributed by atoms with E-state index in [9.17, 15) is 4.79 Å². The summed E-state index contributed by atoms with van der Waals surface area (Å²) in [6, 6.07) is 6.92. The van der Waals surface area contributed by atoms with Crippen molar-refractivity contribution in [2.45, 2.75) is 19.8 Å². The number of thiazole rings is 1. The normalized spacial score (nSPS) is 10.6. The van der Waals surface area contributed by atoms with Gasteiger partial charge in [-0.2, -0.15) is 0 Å². The van der Waals surface area contributed by atoms with Crippen molar-refractivity contribution in [1.82, 2.24) is 4.98 Å². The van der Waals surface area contributed by atoms with Crippen LogP contribution in [0.2, 0.25) is 0 Å². The number of amides is 1. The Bertz CT molecular complexity index is 649. The molecule has 1 heterocycles. The number of carbonyl (C=O) groups is 1. The molecule has 104 valence electrons. The maximum atomic E-state index is 12.1. The van der Waals surface area contributed by atoms with Crippen LogP contribution in [0.4, 0.5) is 5.13 Å². The minimum absolute atomic E-state index is 0.215. The van der Waals surface area contributed by atoms with Crippen molar-refractivity contribution in [3.05, 3.63) is 46.5 Å². The predicted octanol–water partition coefficient (Wildman–Crippen LogP) is 3.15. The fourth-order valence-electron chi connectivity index (χ4n) is 1.59. The van der Waals surface area contributed by atoms with E-state index in [0.29, 0.717) is 22.2 Å². The highest BCUT2D eigenvalue weighted by atomic mass is 32.1. The zero-order chi connectivity index (χ0) is 14.7. The lowest BCUT2D eigenvalue weighted by atomic mass is 10.1. The molecule has 1 aromatic carbocycles. The molecule has 0 saturated heterocycles. The quantitative estimate of drug-likeness (QED) is 0.851. The summed E-state index contributed by atoms with van der Waals surface area (Å²) in [6.45, 7) is 4.12. The fraction of sp³-hybridized carbons (Fsp3) is 0.214. The molecule has 20 heavy (non-hydrogen) atoms. The number of hydrogen-bond acceptors (Lipinski definition) is 4. The van der Waals surface area contributed by atoms with Gasteiger partial charge < -0.3 is 5.73 Å². The highest BCUT2D eigenvalue weighted by Crippen LogP contribution is 2.22. The maximum Gasteiger partial charge on any atom is 0.257 e. The second-order valence-electron chi connectivity index (χ2n) is 4.63. The number of anilines is 1. The first-order chi connectivity index (χ1) is 9.47. The van der Waals surface area contributed by atoms with Gasteiger partial charge in [0.1, 0.15) is 4.99 Å². The molecule has 0 unspecified atom stereocenters. The molecule has 0 bridgehead atoms. The third-order valence-corrected chi connectivity index (χ3v) is 3.75. The molecule has 0 saturated carbocycles. The van der Waals surface area contributed by atoms with Crippen LogP contribution in [-0.4, -0.2) is 15.9 Å². The Morgan fingerprint density at radius 3 is 2.70 bits per heavy atom. The molecule has 0 spiro atoms. The molecule has 1 amide bonds. The number of hydrogen-bond donors (Lipinski definition) is 2. The first-order valence-corrected chi connectivity index (χ1v) is 7.43. The van der Waals surface area contributed by atoms with Crippen LogP contribution in [0.1, 0.15) is 41.4 Å². The molecule has 0 aliphatic heterocycles. The molecule has 4 nitrogen and oxygen atoms in total. The summed E-state index contributed by atoms with van der Waals surface area (Å²) >= 11 is 6.32. The summed E-state index contributed by atoms with van der Waals surface area (Å²) in [5.74, 6) is 0.127. The third-order valence-electron chi connectivity index (χ3n) is 2.74. The van der Waals surface area contributed by atoms with E-state index in [1.165, 1.54) is 11.3 Å². The number of rotatable bonds is 4. The Morgan fingerprint density at radius 1 is 1.40 bits per heavy atom. The third kappa shape index (κ3) is 3.40. The first kappa shape index (κ1) is 14.6. The van der Waals surface area contributed by atoms with Gasteiger partial charge in [-0.25, -0.2) is 4.98 Å². The Labute approximate surface area is 127 Å². The largest absolute Gasteiger partial charge is 0.389 e. The summed E-state index contributed by atoms with van der Waals surface area (Å²) in [6.07, 6.45) is 0. The van der Waals surface area contributed by atoms with Crippen molar-refractivity contribution < 1.29 is 4.79 Å². The molecule has 3 N–H and O–H groups in total. The Balaban J connectivity index is 2.15. The smallest absolute Gasteiger partial charge is 0.257 e. The molecular formula is C14H15N3OS2. The molecule has 0 aliphatic rings. The summed E-state index contributed by atoms with van der Waals surface area (Å²) in [5.41, 5.74) is 7.72. The average molecular weight is 305 g/mol. The summed E-state index contributed by atoms with van der Waals surface area (Å²) < 4.78 is 0. The van der Waals surface area contributed by atoms with E-state index in [0.717, 1.165) is 5.69 Å². The van der Waals surface area contributed by atoms with Crippen LogP contribution in [0, 0.1) is 0 Å². The van der Waals surface area contributed by atoms with Crippen molar-refractivity contribution in [3.63, 3.8) is 0 Å². The van der Waals surface area contributed by atoms with Crippen LogP contribution >= 0.6 is 23.6 Å². The SMILES string of the molecule is CC(C)c1csc(NC(=O)c2cccc(C(N)=S)c2)n1. The van der Waals surface area contributed by atoms with E-state index >= 15 is 0 Å². The Kier molecular flexibility index (Phi) is 4.46. The van der Waals surface area contributed by atoms with Crippen LogP contribution in [0.3, 0.4) is 0 Å². The van der Waals surface area contributed by atoms with Crippen molar-refractivity contribution >= 4 is 39.6 Å². The maximum absolute atomic E-state index is 12.1. The standard InChI is InChI=1S/C14H15N3OS2/c1-8(2)11-7-20-14(16-11)17-13(18)10-5-3-4-9(6-10)12(15)19/h3-8H,1-2H3,(H2,15,19)(H,16,17,18). The number of nitrogens with two attached hydrogens (primary N) is 1. The molecular weight excluding hydrogens is 290 g/mol. The molecule has 1 aromatic heterocycles. The van der Waals surface area contributed by atoms with Crippen LogP contribution in [-0.2, 0) is 0 Å². The van der Waals surface area contributed by atoms with Gasteiger partial charge in [0.05, 0.1) is 5.69 Å². The molecule has 2 rings (SSSR count). The fourth-order valence-corrected chi connectivity index (χ4v) is 2.59. The molecule has 0 atom stereocenters. The van der Waals surface area contributed by atoms with Gasteiger partial charge in [0.25, 0.3) is 5.91 Å². The van der Waals surface area contributed by atoms with Crippen LogP contribution in [0.5, 0.6) is 0 Å². The number of nitrogens with one attached hydrogen (secondary N) is 1. The minimum Gasteiger partial charge on any atom is -0.389 e. The van der Waals surface area contributed by atoms with Gasteiger partial charge in [0.15, 0.2) is 5.13 Å². The Morgan fingerprint density at radius 2 is 2.10 bits per heavy atom. The van der Waals surface area contributed by atoms with Gasteiger partial charge in [-0.15, -0.1) is 11.3 Å². The number of nitrogens with zero attached hydrogens (tertiary/aromatic N) is 1. The van der Waals surface area contributed by atoms with Gasteiger partial charge in [0, 0.05) is 16.5 Å². The minimum atomic E-state index is -0.215. The zero-order valence-electron chi connectivity index (χ0n) is 11.2. The van der Waals surface area contributed by atoms with Crippen LogP contribution in [0.25, 0.3) is 0 Å². The van der Waals surface area contributed by atoms with Gasteiger partial charge >= 0.3 is 0 Å². The van der Waals surface area contributed by atoms with Crippen molar-refractivity contribution in [2.75, 3.05) is 5.32 Å². The topological polar surface area (TPSA) is 68.0 Å². The molecule has 0 fully saturated rings. The molecule has 0 radical (unpaired) electrons. The Hall–Kier alpha value is -1.79. The van der Waals surface area contributed by atoms with Crippen molar-refractivity contribution in [1.29, 1.82) is 0 Å². The van der Waals surface area contributed by atoms with E-state index < -0.39 is 0 Å². The zero-order valence-corrected chi connectivity index (χ0v) is 12.8. The van der Waals surface area contributed by atoms with E-state index in [-0.39, 0.29) is 10.9 Å². The highest BCUT2D eigenvalue weighted by molar-refractivity contribution is 7.80. The number of benzene rings is 1. The summed E-state index contributed by atoms with van der Waals surface area (Å²) in [7, 11) is 0. The number of aromatic nitrogens is 1. The lowest BCUT2D eigenvalue weighted by Crippen LogP contribution is -2.14. The summed E-state index contributed by atoms with van der Waals surface area (Å²) in [4.78, 5) is 16.8.